The van der Waals surface area contributed by atoms with Crippen molar-refractivity contribution in [3.63, 3.8) is 0 Å². The lowest BCUT2D eigenvalue weighted by Gasteiger charge is -2.13. The average Bonchev–Trinajstić information content (AvgIpc) is 2.72. The molecule has 0 fully saturated rings. The summed E-state index contributed by atoms with van der Waals surface area (Å²) in [6.07, 6.45) is 0.453. The second-order valence-corrected chi connectivity index (χ2v) is 6.78. The van der Waals surface area contributed by atoms with Gasteiger partial charge in [-0.15, -0.1) is 0 Å². The monoisotopic (exact) mass is 361 g/mol. The van der Waals surface area contributed by atoms with Gasteiger partial charge in [-0.2, -0.15) is 0 Å². The van der Waals surface area contributed by atoms with E-state index in [1.54, 1.807) is 7.11 Å². The van der Waals surface area contributed by atoms with Crippen molar-refractivity contribution in [1.82, 2.24) is 5.32 Å². The van der Waals surface area contributed by atoms with E-state index in [9.17, 15) is 5.11 Å². The minimum absolute atomic E-state index is 0.470. The largest absolute Gasteiger partial charge is 0.496 e. The number of benzene rings is 3. The minimum atomic E-state index is -0.470. The first-order valence-electron chi connectivity index (χ1n) is 9.35. The number of hydrogen-bond donors (Lipinski definition) is 2. The molecule has 1 unspecified atom stereocenters. The molecule has 0 aliphatic heterocycles. The van der Waals surface area contributed by atoms with Gasteiger partial charge in [0.15, 0.2) is 0 Å². The zero-order valence-electron chi connectivity index (χ0n) is 16.0. The molecule has 0 aromatic heterocycles. The fourth-order valence-electron chi connectivity index (χ4n) is 3.16. The number of aliphatic hydroxyl groups excluding tert-OH is 1. The van der Waals surface area contributed by atoms with Gasteiger partial charge in [0.25, 0.3) is 0 Å². The van der Waals surface area contributed by atoms with Crippen LogP contribution in [0.4, 0.5) is 0 Å². The zero-order valence-corrected chi connectivity index (χ0v) is 16.0. The van der Waals surface area contributed by atoms with Gasteiger partial charge in [-0.05, 0) is 48.7 Å². The molecule has 0 aliphatic carbocycles. The Bertz CT molecular complexity index is 844. The summed E-state index contributed by atoms with van der Waals surface area (Å²) in [7, 11) is 1.71. The maximum Gasteiger partial charge on any atom is 0.126 e. The summed E-state index contributed by atoms with van der Waals surface area (Å²) in [6.45, 7) is 3.48. The standard InChI is InChI=1S/C24H27NO2/c1-18-8-13-24(27-2)22(16-18)20-11-9-19(10-12-20)14-15-25-17-23(26)21-6-4-3-5-7-21/h3-13,16,23,25-26H,14-15,17H2,1-2H3. The molecule has 0 radical (unpaired) electrons. The Balaban J connectivity index is 1.53. The summed E-state index contributed by atoms with van der Waals surface area (Å²) in [4.78, 5) is 0. The van der Waals surface area contributed by atoms with Crippen molar-refractivity contribution in [2.24, 2.45) is 0 Å². The average molecular weight is 361 g/mol. The Labute approximate surface area is 161 Å². The van der Waals surface area contributed by atoms with Crippen molar-refractivity contribution in [2.75, 3.05) is 20.2 Å². The Morgan fingerprint density at radius 2 is 1.70 bits per heavy atom. The summed E-state index contributed by atoms with van der Waals surface area (Å²) < 4.78 is 5.49. The summed E-state index contributed by atoms with van der Waals surface area (Å²) in [5, 5.41) is 13.5. The number of aryl methyl sites for hydroxylation is 1. The van der Waals surface area contributed by atoms with E-state index >= 15 is 0 Å². The fourth-order valence-corrected chi connectivity index (χ4v) is 3.16. The van der Waals surface area contributed by atoms with Gasteiger partial charge in [0.1, 0.15) is 5.75 Å². The van der Waals surface area contributed by atoms with Crippen LogP contribution in [0.2, 0.25) is 0 Å². The zero-order chi connectivity index (χ0) is 19.1. The number of rotatable bonds is 8. The first-order chi connectivity index (χ1) is 13.2. The van der Waals surface area contributed by atoms with Crippen LogP contribution in [0.3, 0.4) is 0 Å². The number of methoxy groups -OCH3 is 1. The second kappa shape index (κ2) is 9.36. The van der Waals surface area contributed by atoms with Gasteiger partial charge in [-0.3, -0.25) is 0 Å². The molecule has 0 spiro atoms. The molecule has 0 bridgehead atoms. The first kappa shape index (κ1) is 19.2. The highest BCUT2D eigenvalue weighted by Gasteiger charge is 2.07. The fraction of sp³-hybridized carbons (Fsp3) is 0.250. The molecule has 0 aliphatic rings. The van der Waals surface area contributed by atoms with E-state index in [0.717, 1.165) is 35.4 Å². The molecule has 27 heavy (non-hydrogen) atoms. The Kier molecular flexibility index (Phi) is 6.64. The third kappa shape index (κ3) is 5.19. The third-order valence-electron chi connectivity index (χ3n) is 4.73. The number of hydrogen-bond acceptors (Lipinski definition) is 3. The van der Waals surface area contributed by atoms with E-state index in [1.165, 1.54) is 11.1 Å². The summed E-state index contributed by atoms with van der Waals surface area (Å²) in [5.41, 5.74) is 5.71. The van der Waals surface area contributed by atoms with Crippen LogP contribution in [0.5, 0.6) is 5.75 Å². The minimum Gasteiger partial charge on any atom is -0.496 e. The number of nitrogens with one attached hydrogen (secondary N) is 1. The molecule has 0 amide bonds. The predicted molar refractivity (Wildman–Crippen MR) is 111 cm³/mol. The highest BCUT2D eigenvalue weighted by atomic mass is 16.5. The smallest absolute Gasteiger partial charge is 0.126 e. The quantitative estimate of drug-likeness (QED) is 0.579. The molecular formula is C24H27NO2. The number of ether oxygens (including phenoxy) is 1. The molecule has 3 aromatic rings. The Morgan fingerprint density at radius 1 is 0.963 bits per heavy atom. The van der Waals surface area contributed by atoms with Crippen molar-refractivity contribution >= 4 is 0 Å². The predicted octanol–water partition coefficient (Wildman–Crippen LogP) is 4.54. The first-order valence-corrected chi connectivity index (χ1v) is 9.35. The van der Waals surface area contributed by atoms with Crippen LogP contribution in [-0.4, -0.2) is 25.3 Å². The highest BCUT2D eigenvalue weighted by Crippen LogP contribution is 2.31. The van der Waals surface area contributed by atoms with Crippen molar-refractivity contribution in [3.05, 3.63) is 89.5 Å². The van der Waals surface area contributed by atoms with E-state index < -0.39 is 6.10 Å². The molecule has 3 aromatic carbocycles. The summed E-state index contributed by atoms with van der Waals surface area (Å²) in [6, 6.07) is 24.6. The summed E-state index contributed by atoms with van der Waals surface area (Å²) >= 11 is 0. The van der Waals surface area contributed by atoms with Crippen LogP contribution in [0, 0.1) is 6.92 Å². The van der Waals surface area contributed by atoms with Crippen LogP contribution < -0.4 is 10.1 Å². The van der Waals surface area contributed by atoms with Crippen LogP contribution in [-0.2, 0) is 6.42 Å². The number of aliphatic hydroxyl groups is 1. The van der Waals surface area contributed by atoms with Gasteiger partial charge >= 0.3 is 0 Å². The van der Waals surface area contributed by atoms with Crippen molar-refractivity contribution in [1.29, 1.82) is 0 Å². The topological polar surface area (TPSA) is 41.5 Å². The second-order valence-electron chi connectivity index (χ2n) is 6.78. The SMILES string of the molecule is COc1ccc(C)cc1-c1ccc(CCNCC(O)c2ccccc2)cc1. The van der Waals surface area contributed by atoms with Gasteiger partial charge in [0, 0.05) is 12.1 Å². The lowest BCUT2D eigenvalue weighted by Crippen LogP contribution is -2.23. The van der Waals surface area contributed by atoms with Crippen LogP contribution in [0.1, 0.15) is 22.8 Å². The van der Waals surface area contributed by atoms with Gasteiger partial charge in [-0.25, -0.2) is 0 Å². The van der Waals surface area contributed by atoms with Crippen molar-refractivity contribution in [2.45, 2.75) is 19.4 Å². The van der Waals surface area contributed by atoms with E-state index in [4.69, 9.17) is 4.74 Å². The van der Waals surface area contributed by atoms with Crippen molar-refractivity contribution < 1.29 is 9.84 Å². The van der Waals surface area contributed by atoms with Gasteiger partial charge in [-0.1, -0.05) is 66.2 Å². The lowest BCUT2D eigenvalue weighted by molar-refractivity contribution is 0.175. The van der Waals surface area contributed by atoms with Crippen LogP contribution in [0.15, 0.2) is 72.8 Å². The van der Waals surface area contributed by atoms with Gasteiger partial charge in [0.2, 0.25) is 0 Å². The van der Waals surface area contributed by atoms with E-state index in [0.29, 0.717) is 6.54 Å². The van der Waals surface area contributed by atoms with E-state index in [-0.39, 0.29) is 0 Å². The molecule has 0 saturated carbocycles. The van der Waals surface area contributed by atoms with E-state index in [1.807, 2.05) is 36.4 Å². The molecule has 2 N–H and O–H groups in total. The molecule has 3 nitrogen and oxygen atoms in total. The Morgan fingerprint density at radius 3 is 2.41 bits per heavy atom. The summed E-state index contributed by atoms with van der Waals surface area (Å²) in [5.74, 6) is 0.893. The molecule has 3 rings (SSSR count). The Hall–Kier alpha value is -2.62. The van der Waals surface area contributed by atoms with Crippen molar-refractivity contribution in [3.8, 4) is 16.9 Å². The lowest BCUT2D eigenvalue weighted by atomic mass is 10.0. The molecular weight excluding hydrogens is 334 g/mol. The van der Waals surface area contributed by atoms with E-state index in [2.05, 4.69) is 48.6 Å². The van der Waals surface area contributed by atoms with Crippen LogP contribution >= 0.6 is 0 Å². The highest BCUT2D eigenvalue weighted by molar-refractivity contribution is 5.71. The molecule has 0 saturated heterocycles. The van der Waals surface area contributed by atoms with Crippen LogP contribution in [0.25, 0.3) is 11.1 Å². The maximum absolute atomic E-state index is 10.2. The maximum atomic E-state index is 10.2. The molecule has 0 heterocycles. The van der Waals surface area contributed by atoms with Gasteiger partial charge < -0.3 is 15.2 Å². The third-order valence-corrected chi connectivity index (χ3v) is 4.73. The normalized spacial score (nSPS) is 12.0. The molecule has 3 heteroatoms. The molecule has 1 atom stereocenters. The van der Waals surface area contributed by atoms with Gasteiger partial charge in [0.05, 0.1) is 13.2 Å². The molecule has 140 valence electrons.